The van der Waals surface area contributed by atoms with Gasteiger partial charge in [0.05, 0.1) is 6.21 Å². The van der Waals surface area contributed by atoms with Crippen molar-refractivity contribution in [3.8, 4) is 17.1 Å². The number of benzene rings is 2. The lowest BCUT2D eigenvalue weighted by Crippen LogP contribution is -1.95. The van der Waals surface area contributed by atoms with Crippen molar-refractivity contribution in [3.05, 3.63) is 63.3 Å². The van der Waals surface area contributed by atoms with Gasteiger partial charge in [0, 0.05) is 10.0 Å². The van der Waals surface area contributed by atoms with E-state index in [0.717, 1.165) is 15.6 Å². The van der Waals surface area contributed by atoms with Crippen molar-refractivity contribution in [3.63, 3.8) is 0 Å². The third-order valence-electron chi connectivity index (χ3n) is 2.93. The van der Waals surface area contributed by atoms with Crippen LogP contribution in [0.4, 0.5) is 0 Å². The van der Waals surface area contributed by atoms with Crippen LogP contribution in [0.1, 0.15) is 5.56 Å². The summed E-state index contributed by atoms with van der Waals surface area (Å²) in [6.45, 7) is 0. The minimum absolute atomic E-state index is 0.187. The fraction of sp³-hybridized carbons (Fsp3) is 0. The maximum Gasteiger partial charge on any atom is 0.216 e. The Morgan fingerprint density at radius 2 is 2.05 bits per heavy atom. The van der Waals surface area contributed by atoms with Crippen LogP contribution in [0.3, 0.4) is 0 Å². The van der Waals surface area contributed by atoms with Gasteiger partial charge in [-0.1, -0.05) is 40.2 Å². The molecule has 0 aliphatic heterocycles. The summed E-state index contributed by atoms with van der Waals surface area (Å²) in [5.41, 5.74) is 1.65. The molecule has 0 unspecified atom stereocenters. The van der Waals surface area contributed by atoms with Crippen molar-refractivity contribution in [1.29, 1.82) is 0 Å². The Bertz CT molecular complexity index is 900. The Balaban J connectivity index is 2.01. The predicted molar refractivity (Wildman–Crippen MR) is 91.6 cm³/mol. The van der Waals surface area contributed by atoms with E-state index in [0.29, 0.717) is 10.6 Å². The number of phenolic OH excluding ortho intramolecular Hbond substituents is 1. The monoisotopic (exact) mass is 374 g/mol. The Morgan fingerprint density at radius 1 is 1.23 bits per heavy atom. The van der Waals surface area contributed by atoms with E-state index in [1.54, 1.807) is 29.1 Å². The molecule has 0 saturated carbocycles. The number of hydrogen-bond donors (Lipinski definition) is 2. The number of nitrogens with zero attached hydrogens (tertiary/aromatic N) is 3. The maximum atomic E-state index is 9.48. The smallest absolute Gasteiger partial charge is 0.216 e. The molecule has 0 radical (unpaired) electrons. The molecular formula is C15H11BrN4OS. The van der Waals surface area contributed by atoms with Crippen LogP contribution in [0.25, 0.3) is 11.4 Å². The molecule has 22 heavy (non-hydrogen) atoms. The maximum absolute atomic E-state index is 9.48. The highest BCUT2D eigenvalue weighted by Crippen LogP contribution is 2.21. The quantitative estimate of drug-likeness (QED) is 0.538. The summed E-state index contributed by atoms with van der Waals surface area (Å²) in [6.07, 6.45) is 1.62. The van der Waals surface area contributed by atoms with Gasteiger partial charge in [-0.3, -0.25) is 0 Å². The average Bonchev–Trinajstić information content (AvgIpc) is 2.86. The molecule has 5 nitrogen and oxygen atoms in total. The summed E-state index contributed by atoms with van der Waals surface area (Å²) in [5.74, 6) is 0.801. The first-order valence-corrected chi connectivity index (χ1v) is 7.60. The fourth-order valence-electron chi connectivity index (χ4n) is 1.94. The summed E-state index contributed by atoms with van der Waals surface area (Å²) in [6, 6.07) is 14.5. The van der Waals surface area contributed by atoms with Crippen LogP contribution in [-0.2, 0) is 0 Å². The normalized spacial score (nSPS) is 11.1. The molecule has 0 spiro atoms. The lowest BCUT2D eigenvalue weighted by Gasteiger charge is -2.01. The SMILES string of the molecule is Oc1cccc(/C=N\n2c(-c3cccc(Br)c3)n[nH]c2=S)c1. The molecule has 1 aromatic heterocycles. The Morgan fingerprint density at radius 3 is 2.82 bits per heavy atom. The first kappa shape index (κ1) is 14.7. The van der Waals surface area contributed by atoms with E-state index < -0.39 is 0 Å². The molecule has 7 heteroatoms. The van der Waals surface area contributed by atoms with Crippen molar-refractivity contribution in [2.24, 2.45) is 5.10 Å². The number of rotatable bonds is 3. The lowest BCUT2D eigenvalue weighted by molar-refractivity contribution is 0.475. The highest BCUT2D eigenvalue weighted by atomic mass is 79.9. The number of hydrogen-bond acceptors (Lipinski definition) is 4. The van der Waals surface area contributed by atoms with Gasteiger partial charge in [0.15, 0.2) is 5.82 Å². The minimum atomic E-state index is 0.187. The van der Waals surface area contributed by atoms with Gasteiger partial charge >= 0.3 is 0 Å². The van der Waals surface area contributed by atoms with Crippen LogP contribution < -0.4 is 0 Å². The number of aromatic nitrogens is 3. The van der Waals surface area contributed by atoms with E-state index >= 15 is 0 Å². The van der Waals surface area contributed by atoms with Crippen molar-refractivity contribution < 1.29 is 5.11 Å². The van der Waals surface area contributed by atoms with Crippen LogP contribution >= 0.6 is 28.1 Å². The molecule has 0 amide bonds. The zero-order valence-corrected chi connectivity index (χ0v) is 13.7. The Hall–Kier alpha value is -2.25. The van der Waals surface area contributed by atoms with Crippen LogP contribution in [0, 0.1) is 4.77 Å². The van der Waals surface area contributed by atoms with Crippen LogP contribution in [-0.4, -0.2) is 26.2 Å². The van der Waals surface area contributed by atoms with E-state index in [-0.39, 0.29) is 5.75 Å². The Labute approximate surface area is 140 Å². The number of nitrogens with one attached hydrogen (secondary N) is 1. The molecule has 0 fully saturated rings. The number of phenols is 1. The summed E-state index contributed by atoms with van der Waals surface area (Å²) in [7, 11) is 0. The number of aromatic hydroxyl groups is 1. The summed E-state index contributed by atoms with van der Waals surface area (Å²) >= 11 is 8.65. The molecule has 0 bridgehead atoms. The molecule has 0 saturated heterocycles. The van der Waals surface area contributed by atoms with Gasteiger partial charge in [-0.05, 0) is 42.0 Å². The van der Waals surface area contributed by atoms with Crippen molar-refractivity contribution in [2.75, 3.05) is 0 Å². The van der Waals surface area contributed by atoms with Gasteiger partial charge in [-0.2, -0.15) is 14.9 Å². The second-order valence-corrected chi connectivity index (χ2v) is 5.82. The molecule has 0 aliphatic rings. The highest BCUT2D eigenvalue weighted by molar-refractivity contribution is 9.10. The van der Waals surface area contributed by atoms with Crippen LogP contribution in [0.5, 0.6) is 5.75 Å². The van der Waals surface area contributed by atoms with E-state index in [2.05, 4.69) is 31.2 Å². The minimum Gasteiger partial charge on any atom is -0.508 e. The topological polar surface area (TPSA) is 66.2 Å². The number of halogens is 1. The van der Waals surface area contributed by atoms with Gasteiger partial charge in [0.25, 0.3) is 0 Å². The molecule has 2 aromatic carbocycles. The van der Waals surface area contributed by atoms with Crippen LogP contribution in [0.2, 0.25) is 0 Å². The summed E-state index contributed by atoms with van der Waals surface area (Å²) in [4.78, 5) is 0. The van der Waals surface area contributed by atoms with Gasteiger partial charge in [0.1, 0.15) is 5.75 Å². The standard InChI is InChI=1S/C15H11BrN4OS/c16-12-5-2-4-11(8-12)14-18-19-15(22)20(14)17-9-10-3-1-6-13(21)7-10/h1-9,21H,(H,19,22)/b17-9-. The molecule has 2 N–H and O–H groups in total. The fourth-order valence-corrected chi connectivity index (χ4v) is 2.52. The molecule has 3 aromatic rings. The van der Waals surface area contributed by atoms with Gasteiger partial charge < -0.3 is 5.11 Å². The van der Waals surface area contributed by atoms with Crippen molar-refractivity contribution in [1.82, 2.24) is 14.9 Å². The van der Waals surface area contributed by atoms with E-state index in [1.165, 1.54) is 0 Å². The zero-order valence-electron chi connectivity index (χ0n) is 11.3. The predicted octanol–water partition coefficient (Wildman–Crippen LogP) is 3.96. The highest BCUT2D eigenvalue weighted by Gasteiger charge is 2.08. The number of aromatic amines is 1. The van der Waals surface area contributed by atoms with Gasteiger partial charge in [-0.15, -0.1) is 0 Å². The first-order valence-electron chi connectivity index (χ1n) is 6.40. The summed E-state index contributed by atoms with van der Waals surface area (Å²) in [5, 5.41) is 20.8. The molecule has 0 atom stereocenters. The van der Waals surface area contributed by atoms with E-state index in [1.807, 2.05) is 30.3 Å². The lowest BCUT2D eigenvalue weighted by atomic mass is 10.2. The molecule has 110 valence electrons. The van der Waals surface area contributed by atoms with Crippen molar-refractivity contribution >= 4 is 34.4 Å². The largest absolute Gasteiger partial charge is 0.508 e. The summed E-state index contributed by atoms with van der Waals surface area (Å²) < 4.78 is 2.88. The molecular weight excluding hydrogens is 364 g/mol. The second kappa shape index (κ2) is 6.25. The zero-order chi connectivity index (χ0) is 15.5. The third kappa shape index (κ3) is 3.15. The van der Waals surface area contributed by atoms with Crippen LogP contribution in [0.15, 0.2) is 58.1 Å². The number of H-pyrrole nitrogens is 1. The first-order chi connectivity index (χ1) is 10.6. The van der Waals surface area contributed by atoms with E-state index in [9.17, 15) is 5.11 Å². The molecule has 3 rings (SSSR count). The molecule has 0 aliphatic carbocycles. The van der Waals surface area contributed by atoms with E-state index in [4.69, 9.17) is 12.2 Å². The van der Waals surface area contributed by atoms with Gasteiger partial charge in [-0.25, -0.2) is 5.10 Å². The Kier molecular flexibility index (Phi) is 4.17. The average molecular weight is 375 g/mol. The second-order valence-electron chi connectivity index (χ2n) is 4.51. The third-order valence-corrected chi connectivity index (χ3v) is 3.68. The van der Waals surface area contributed by atoms with Gasteiger partial charge in [0.2, 0.25) is 4.77 Å². The van der Waals surface area contributed by atoms with Crippen molar-refractivity contribution in [2.45, 2.75) is 0 Å². The molecule has 1 heterocycles.